The predicted octanol–water partition coefficient (Wildman–Crippen LogP) is 2.77. The fraction of sp³-hybridized carbons (Fsp3) is 0.182. The Kier molecular flexibility index (Phi) is 5.30. The molecule has 0 atom stereocenters. The average Bonchev–Trinajstić information content (AvgIpc) is 3.21. The monoisotopic (exact) mass is 403 g/mol. The summed E-state index contributed by atoms with van der Waals surface area (Å²) >= 11 is 0. The zero-order valence-corrected chi connectivity index (χ0v) is 16.7. The Morgan fingerprint density at radius 1 is 1.13 bits per heavy atom. The lowest BCUT2D eigenvalue weighted by Crippen LogP contribution is -2.30. The van der Waals surface area contributed by atoms with Gasteiger partial charge in [0.1, 0.15) is 24.1 Å². The highest BCUT2D eigenvalue weighted by Crippen LogP contribution is 2.19. The number of nitrogens with zero attached hydrogens (tertiary/aromatic N) is 4. The number of nitrogens with one attached hydrogen (secondary N) is 1. The van der Waals surface area contributed by atoms with E-state index in [1.54, 1.807) is 37.4 Å². The van der Waals surface area contributed by atoms with E-state index in [2.05, 4.69) is 22.4 Å². The van der Waals surface area contributed by atoms with E-state index in [4.69, 9.17) is 4.74 Å². The molecule has 0 spiro atoms. The molecule has 30 heavy (non-hydrogen) atoms. The first-order chi connectivity index (χ1) is 14.6. The van der Waals surface area contributed by atoms with Gasteiger partial charge in [0.25, 0.3) is 5.56 Å². The Labute approximate surface area is 172 Å². The third kappa shape index (κ3) is 3.93. The second-order valence-electron chi connectivity index (χ2n) is 6.78. The average molecular weight is 403 g/mol. The molecule has 2 aromatic heterocycles. The first-order valence-electron chi connectivity index (χ1n) is 9.56. The summed E-state index contributed by atoms with van der Waals surface area (Å²) in [6, 6.07) is 16.7. The van der Waals surface area contributed by atoms with Crippen molar-refractivity contribution >= 4 is 17.1 Å². The van der Waals surface area contributed by atoms with Crippen LogP contribution in [0.5, 0.6) is 5.75 Å². The highest BCUT2D eigenvalue weighted by molar-refractivity contribution is 5.90. The van der Waals surface area contributed by atoms with Crippen molar-refractivity contribution in [1.82, 2.24) is 19.4 Å². The van der Waals surface area contributed by atoms with Gasteiger partial charge < -0.3 is 10.1 Å². The van der Waals surface area contributed by atoms with Crippen molar-refractivity contribution in [3.05, 3.63) is 76.8 Å². The molecule has 2 heterocycles. The number of methoxy groups -OCH3 is 1. The maximum Gasteiger partial charge on any atom is 0.293 e. The van der Waals surface area contributed by atoms with Crippen LogP contribution in [0, 0.1) is 0 Å². The number of aryl methyl sites for hydroxylation is 1. The van der Waals surface area contributed by atoms with Crippen molar-refractivity contribution in [1.29, 1.82) is 0 Å². The zero-order chi connectivity index (χ0) is 21.1. The summed E-state index contributed by atoms with van der Waals surface area (Å²) in [5.74, 6) is 0.264. The number of hydrogen-bond donors (Lipinski definition) is 1. The number of rotatable bonds is 6. The minimum atomic E-state index is -0.387. The number of anilines is 1. The molecular formula is C22H21N5O3. The zero-order valence-electron chi connectivity index (χ0n) is 16.7. The second kappa shape index (κ2) is 8.20. The van der Waals surface area contributed by atoms with Gasteiger partial charge in [0.15, 0.2) is 0 Å². The van der Waals surface area contributed by atoms with Crippen LogP contribution in [-0.2, 0) is 17.8 Å². The topological polar surface area (TPSA) is 90.5 Å². The Bertz CT molecular complexity index is 1260. The molecule has 0 aliphatic rings. The lowest BCUT2D eigenvalue weighted by Gasteiger charge is -2.08. The summed E-state index contributed by atoms with van der Waals surface area (Å²) in [6.45, 7) is 1.89. The fourth-order valence-corrected chi connectivity index (χ4v) is 3.14. The van der Waals surface area contributed by atoms with E-state index in [1.165, 1.54) is 16.4 Å². The van der Waals surface area contributed by atoms with Gasteiger partial charge in [0.05, 0.1) is 12.8 Å². The standard InChI is InChI=1S/C22H21N5O3/c1-3-15-7-9-16(10-8-15)19-12-20-22(29)26(23-14-27(20)25-19)13-21(28)24-17-5-4-6-18(11-17)30-2/h4-12,14H,3,13H2,1-2H3,(H,24,28). The van der Waals surface area contributed by atoms with E-state index in [-0.39, 0.29) is 18.0 Å². The van der Waals surface area contributed by atoms with Crippen LogP contribution in [0.3, 0.4) is 0 Å². The van der Waals surface area contributed by atoms with Gasteiger partial charge in [-0.3, -0.25) is 9.59 Å². The Morgan fingerprint density at radius 3 is 2.67 bits per heavy atom. The van der Waals surface area contributed by atoms with Crippen LogP contribution in [0.25, 0.3) is 16.8 Å². The summed E-state index contributed by atoms with van der Waals surface area (Å²) in [6.07, 6.45) is 2.39. The van der Waals surface area contributed by atoms with Gasteiger partial charge >= 0.3 is 0 Å². The molecule has 152 valence electrons. The van der Waals surface area contributed by atoms with E-state index >= 15 is 0 Å². The molecule has 0 aliphatic carbocycles. The number of amides is 1. The van der Waals surface area contributed by atoms with Crippen molar-refractivity contribution in [2.45, 2.75) is 19.9 Å². The quantitative estimate of drug-likeness (QED) is 0.535. The van der Waals surface area contributed by atoms with Crippen LogP contribution in [0.4, 0.5) is 5.69 Å². The summed E-state index contributed by atoms with van der Waals surface area (Å²) in [4.78, 5) is 25.2. The van der Waals surface area contributed by atoms with Gasteiger partial charge in [0.2, 0.25) is 5.91 Å². The Balaban J connectivity index is 1.56. The van der Waals surface area contributed by atoms with Crippen LogP contribution < -0.4 is 15.6 Å². The highest BCUT2D eigenvalue weighted by atomic mass is 16.5. The molecule has 8 heteroatoms. The number of carbonyl (C=O) groups excluding carboxylic acids is 1. The number of ether oxygens (including phenoxy) is 1. The summed E-state index contributed by atoms with van der Waals surface area (Å²) in [7, 11) is 1.55. The van der Waals surface area contributed by atoms with Crippen molar-refractivity contribution < 1.29 is 9.53 Å². The Hall–Kier alpha value is -3.94. The maximum atomic E-state index is 12.8. The molecule has 0 aliphatic heterocycles. The Morgan fingerprint density at radius 2 is 1.93 bits per heavy atom. The van der Waals surface area contributed by atoms with Crippen molar-refractivity contribution in [2.24, 2.45) is 0 Å². The van der Waals surface area contributed by atoms with Gasteiger partial charge in [-0.15, -0.1) is 0 Å². The molecule has 0 saturated carbocycles. The summed E-state index contributed by atoms with van der Waals surface area (Å²) in [5.41, 5.74) is 3.37. The molecule has 1 N–H and O–H groups in total. The minimum absolute atomic E-state index is 0.210. The number of carbonyl (C=O) groups is 1. The van der Waals surface area contributed by atoms with E-state index in [1.807, 2.05) is 24.3 Å². The molecule has 4 aromatic rings. The normalized spacial score (nSPS) is 10.9. The predicted molar refractivity (Wildman–Crippen MR) is 114 cm³/mol. The van der Waals surface area contributed by atoms with Gasteiger partial charge in [-0.1, -0.05) is 37.3 Å². The summed E-state index contributed by atoms with van der Waals surface area (Å²) in [5, 5.41) is 11.2. The summed E-state index contributed by atoms with van der Waals surface area (Å²) < 4.78 is 7.70. The number of benzene rings is 2. The lowest BCUT2D eigenvalue weighted by molar-refractivity contribution is -0.117. The first-order valence-corrected chi connectivity index (χ1v) is 9.56. The van der Waals surface area contributed by atoms with Crippen molar-refractivity contribution in [3.8, 4) is 17.0 Å². The maximum absolute atomic E-state index is 12.8. The highest BCUT2D eigenvalue weighted by Gasteiger charge is 2.13. The number of fused-ring (bicyclic) bond motifs is 1. The molecule has 0 saturated heterocycles. The molecule has 0 unspecified atom stereocenters. The van der Waals surface area contributed by atoms with E-state index in [9.17, 15) is 9.59 Å². The van der Waals surface area contributed by atoms with Crippen LogP contribution in [0.15, 0.2) is 65.7 Å². The molecule has 8 nitrogen and oxygen atoms in total. The van der Waals surface area contributed by atoms with Crippen molar-refractivity contribution in [2.75, 3.05) is 12.4 Å². The van der Waals surface area contributed by atoms with E-state index in [0.717, 1.165) is 16.7 Å². The molecule has 0 fully saturated rings. The van der Waals surface area contributed by atoms with Crippen molar-refractivity contribution in [3.63, 3.8) is 0 Å². The van der Waals surface area contributed by atoms with E-state index in [0.29, 0.717) is 22.6 Å². The fourth-order valence-electron chi connectivity index (χ4n) is 3.14. The van der Waals surface area contributed by atoms with Gasteiger partial charge in [-0.2, -0.15) is 10.2 Å². The molecule has 2 aromatic carbocycles. The SMILES string of the molecule is CCc1ccc(-c2cc3c(=O)n(CC(=O)Nc4cccc(OC)c4)ncn3n2)cc1. The largest absolute Gasteiger partial charge is 0.497 e. The molecule has 0 radical (unpaired) electrons. The lowest BCUT2D eigenvalue weighted by atomic mass is 10.1. The van der Waals surface area contributed by atoms with E-state index < -0.39 is 0 Å². The van der Waals surface area contributed by atoms with Gasteiger partial charge in [-0.25, -0.2) is 9.20 Å². The second-order valence-corrected chi connectivity index (χ2v) is 6.78. The third-order valence-corrected chi connectivity index (χ3v) is 4.79. The van der Waals surface area contributed by atoms with Gasteiger partial charge in [-0.05, 0) is 30.2 Å². The molecule has 0 bridgehead atoms. The van der Waals surface area contributed by atoms with Crippen LogP contribution in [0.1, 0.15) is 12.5 Å². The minimum Gasteiger partial charge on any atom is -0.497 e. The molecule has 1 amide bonds. The van der Waals surface area contributed by atoms with Gasteiger partial charge in [0, 0.05) is 17.3 Å². The number of aromatic nitrogens is 4. The number of hydrogen-bond acceptors (Lipinski definition) is 5. The van der Waals surface area contributed by atoms with Crippen LogP contribution in [0.2, 0.25) is 0 Å². The third-order valence-electron chi connectivity index (χ3n) is 4.79. The van der Waals surface area contributed by atoms with Crippen LogP contribution in [-0.4, -0.2) is 32.4 Å². The smallest absolute Gasteiger partial charge is 0.293 e. The molecular weight excluding hydrogens is 382 g/mol. The first kappa shape index (κ1) is 19.4. The van der Waals surface area contributed by atoms with Crippen LogP contribution >= 0.6 is 0 Å². The molecule has 4 rings (SSSR count).